The van der Waals surface area contributed by atoms with Crippen LogP contribution < -0.4 is 20.2 Å². The van der Waals surface area contributed by atoms with E-state index in [1.54, 1.807) is 28.7 Å². The molecule has 1 saturated heterocycles. The maximum atomic E-state index is 15.0. The first-order chi connectivity index (χ1) is 34.8. The lowest BCUT2D eigenvalue weighted by Gasteiger charge is -2.35. The summed E-state index contributed by atoms with van der Waals surface area (Å²) >= 11 is 7.10. The Balaban J connectivity index is 0.882. The number of ether oxygens (including phenoxy) is 3. The summed E-state index contributed by atoms with van der Waals surface area (Å²) in [6.45, 7) is 3.88. The van der Waals surface area contributed by atoms with Crippen LogP contribution in [0.15, 0.2) is 139 Å². The number of imidazole rings is 1. The molecule has 0 atom stereocenters. The van der Waals surface area contributed by atoms with E-state index in [-0.39, 0.29) is 51.8 Å². The molecule has 0 bridgehead atoms. The number of carbonyl (C=O) groups is 4. The number of carboxylic acids is 1. The standard InChI is InChI=1S/C54H45Br2N5O11/c1-3-70-44-29-38(69-2)15-19-42(44)51-58-49(31-4-9-34(55)10-5-31)50(32-6-11-35(56)12-7-32)61(51)54(68)60-22-20-59(21-23-60)24-25-71-47(64)30-57-52(65)33-8-16-39(53(66)67)43(26-33)48-40-17-13-36(62)27-45(40)72-46-28-37(63)14-18-41(46)48/h4-19,26-29,62H,3,20-25,30H2,1-2H3,(H,57,65)(H,66,67). The van der Waals surface area contributed by atoms with Gasteiger partial charge in [0.05, 0.1) is 36.2 Å². The van der Waals surface area contributed by atoms with Gasteiger partial charge in [-0.1, -0.05) is 56.1 Å². The number of esters is 1. The van der Waals surface area contributed by atoms with E-state index in [0.29, 0.717) is 90.1 Å². The number of fused-ring (bicyclic) bond motifs is 2. The van der Waals surface area contributed by atoms with E-state index in [0.717, 1.165) is 20.1 Å². The fourth-order valence-electron chi connectivity index (χ4n) is 8.69. The zero-order valence-electron chi connectivity index (χ0n) is 38.8. The number of aromatic hydroxyl groups is 1. The summed E-state index contributed by atoms with van der Waals surface area (Å²) in [6.07, 6.45) is 0. The number of phenolic OH excluding ortho intramolecular Hbond substituents is 1. The Morgan fingerprint density at radius 3 is 2.19 bits per heavy atom. The largest absolute Gasteiger partial charge is 0.508 e. The van der Waals surface area contributed by atoms with Gasteiger partial charge in [0, 0.05) is 93.1 Å². The SMILES string of the molecule is CCOc1cc(OC)ccc1-c1nc(-c2ccc(Br)cc2)c(-c2ccc(Br)cc2)n1C(=O)N1CCN(CCOC(=O)CNC(=O)c2ccc(C(=O)O)c(-c3c4ccc(=O)cc-4oc4cc(O)ccc34)c2)CC1. The number of rotatable bonds is 14. The Morgan fingerprint density at radius 2 is 1.50 bits per heavy atom. The number of phenols is 1. The fourth-order valence-corrected chi connectivity index (χ4v) is 9.21. The number of hydrogen-bond acceptors (Lipinski definition) is 12. The predicted octanol–water partition coefficient (Wildman–Crippen LogP) is 9.66. The number of carbonyl (C=O) groups excluding carboxylic acids is 3. The van der Waals surface area contributed by atoms with Crippen LogP contribution in [0.1, 0.15) is 27.6 Å². The second-order valence-electron chi connectivity index (χ2n) is 16.7. The molecule has 18 heteroatoms. The Hall–Kier alpha value is -7.80. The highest BCUT2D eigenvalue weighted by molar-refractivity contribution is 9.10. The third-order valence-corrected chi connectivity index (χ3v) is 13.3. The number of methoxy groups -OCH3 is 1. The van der Waals surface area contributed by atoms with Gasteiger partial charge in [-0.2, -0.15) is 0 Å². The van der Waals surface area contributed by atoms with Gasteiger partial charge in [0.1, 0.15) is 41.7 Å². The summed E-state index contributed by atoms with van der Waals surface area (Å²) < 4.78 is 26.5. The Morgan fingerprint density at radius 1 is 0.792 bits per heavy atom. The highest BCUT2D eigenvalue weighted by atomic mass is 79.9. The monoisotopic (exact) mass is 1100 g/mol. The first kappa shape index (κ1) is 49.2. The third kappa shape index (κ3) is 10.3. The number of benzene rings is 6. The molecule has 366 valence electrons. The van der Waals surface area contributed by atoms with Gasteiger partial charge in [0.15, 0.2) is 11.3 Å². The average molecular weight is 1100 g/mol. The molecule has 2 amide bonds. The highest BCUT2D eigenvalue weighted by Gasteiger charge is 2.32. The molecular formula is C54H45Br2N5O11. The number of hydrogen-bond donors (Lipinski definition) is 3. The molecule has 1 aromatic heterocycles. The van der Waals surface area contributed by atoms with E-state index >= 15 is 4.79 Å². The molecule has 9 rings (SSSR count). The van der Waals surface area contributed by atoms with Gasteiger partial charge in [-0.3, -0.25) is 19.3 Å². The summed E-state index contributed by atoms with van der Waals surface area (Å²) in [5.41, 5.74) is 4.14. The minimum Gasteiger partial charge on any atom is -0.508 e. The first-order valence-electron chi connectivity index (χ1n) is 22.8. The molecule has 0 spiro atoms. The second kappa shape index (κ2) is 21.3. The summed E-state index contributed by atoms with van der Waals surface area (Å²) in [7, 11) is 1.58. The average Bonchev–Trinajstić information content (AvgIpc) is 3.77. The summed E-state index contributed by atoms with van der Waals surface area (Å²) in [4.78, 5) is 75.3. The van der Waals surface area contributed by atoms with Crippen molar-refractivity contribution in [2.45, 2.75) is 6.92 Å². The summed E-state index contributed by atoms with van der Waals surface area (Å²) in [5, 5.41) is 23.4. The van der Waals surface area contributed by atoms with E-state index in [1.165, 1.54) is 48.5 Å². The summed E-state index contributed by atoms with van der Waals surface area (Å²) in [6, 6.07) is 33.1. The molecule has 0 saturated carbocycles. The number of piperazine rings is 1. The van der Waals surface area contributed by atoms with Crippen LogP contribution in [0.5, 0.6) is 17.2 Å². The Kier molecular flexibility index (Phi) is 14.5. The van der Waals surface area contributed by atoms with E-state index in [9.17, 15) is 29.4 Å². The lowest BCUT2D eigenvalue weighted by atomic mass is 9.89. The lowest BCUT2D eigenvalue weighted by Crippen LogP contribution is -2.50. The molecule has 2 aliphatic heterocycles. The van der Waals surface area contributed by atoms with Crippen molar-refractivity contribution in [3.63, 3.8) is 0 Å². The fraction of sp³-hybridized carbons (Fsp3) is 0.185. The van der Waals surface area contributed by atoms with Crippen molar-refractivity contribution < 1.29 is 48.0 Å². The van der Waals surface area contributed by atoms with Gasteiger partial charge >= 0.3 is 18.0 Å². The molecule has 3 heterocycles. The minimum atomic E-state index is -1.26. The molecule has 1 fully saturated rings. The molecule has 0 unspecified atom stereocenters. The normalized spacial score (nSPS) is 12.8. The number of aromatic nitrogens is 2. The van der Waals surface area contributed by atoms with Crippen LogP contribution in [-0.2, 0) is 9.53 Å². The van der Waals surface area contributed by atoms with Crippen molar-refractivity contribution in [1.82, 2.24) is 24.7 Å². The molecule has 72 heavy (non-hydrogen) atoms. The third-order valence-electron chi connectivity index (χ3n) is 12.2. The van der Waals surface area contributed by atoms with Gasteiger partial charge in [-0.25, -0.2) is 19.1 Å². The smallest absolute Gasteiger partial charge is 0.336 e. The maximum absolute atomic E-state index is 15.0. The van der Waals surface area contributed by atoms with Gasteiger partial charge in [0.25, 0.3) is 5.91 Å². The van der Waals surface area contributed by atoms with Gasteiger partial charge in [0.2, 0.25) is 0 Å². The van der Waals surface area contributed by atoms with Crippen LogP contribution in [0.2, 0.25) is 0 Å². The topological polar surface area (TPSA) is 203 Å². The lowest BCUT2D eigenvalue weighted by molar-refractivity contribution is -0.142. The molecular weight excluding hydrogens is 1050 g/mol. The zero-order valence-corrected chi connectivity index (χ0v) is 42.0. The van der Waals surface area contributed by atoms with Crippen molar-refractivity contribution >= 4 is 66.7 Å². The number of amides is 2. The van der Waals surface area contributed by atoms with Crippen molar-refractivity contribution in [2.75, 3.05) is 59.6 Å². The van der Waals surface area contributed by atoms with Crippen LogP contribution in [-0.4, -0.2) is 113 Å². The maximum Gasteiger partial charge on any atom is 0.336 e. The quantitative estimate of drug-likeness (QED) is 0.0687. The predicted molar refractivity (Wildman–Crippen MR) is 277 cm³/mol. The molecule has 5 aromatic carbocycles. The van der Waals surface area contributed by atoms with E-state index < -0.39 is 24.4 Å². The molecule has 3 N–H and O–H groups in total. The first-order valence-corrected chi connectivity index (χ1v) is 24.4. The molecule has 16 nitrogen and oxygen atoms in total. The second-order valence-corrected chi connectivity index (χ2v) is 18.5. The molecule has 0 radical (unpaired) electrons. The highest BCUT2D eigenvalue weighted by Crippen LogP contribution is 2.43. The number of aromatic carboxylic acids is 1. The molecule has 1 aliphatic carbocycles. The number of nitrogens with zero attached hydrogens (tertiary/aromatic N) is 4. The van der Waals surface area contributed by atoms with Crippen LogP contribution in [0.3, 0.4) is 0 Å². The Bertz CT molecular complexity index is 3400. The van der Waals surface area contributed by atoms with E-state index in [2.05, 4.69) is 42.1 Å². The number of carboxylic acid groups (broad SMARTS) is 1. The van der Waals surface area contributed by atoms with Crippen LogP contribution in [0.25, 0.3) is 67.3 Å². The number of nitrogens with one attached hydrogen (secondary N) is 1. The van der Waals surface area contributed by atoms with Crippen LogP contribution >= 0.6 is 31.9 Å². The van der Waals surface area contributed by atoms with Crippen molar-refractivity contribution in [3.8, 4) is 73.6 Å². The van der Waals surface area contributed by atoms with Gasteiger partial charge in [-0.15, -0.1) is 0 Å². The minimum absolute atomic E-state index is 0.0214. The molecule has 3 aliphatic rings. The summed E-state index contributed by atoms with van der Waals surface area (Å²) in [5.74, 6) is -1.06. The van der Waals surface area contributed by atoms with Crippen LogP contribution in [0, 0.1) is 0 Å². The van der Waals surface area contributed by atoms with Gasteiger partial charge in [-0.05, 0) is 91.3 Å². The molecule has 6 aromatic rings. The van der Waals surface area contributed by atoms with Crippen molar-refractivity contribution in [1.29, 1.82) is 0 Å². The van der Waals surface area contributed by atoms with Crippen molar-refractivity contribution in [2.24, 2.45) is 0 Å². The van der Waals surface area contributed by atoms with Crippen molar-refractivity contribution in [3.05, 3.63) is 152 Å². The van der Waals surface area contributed by atoms with E-state index in [4.69, 9.17) is 23.6 Å². The number of halogens is 2. The van der Waals surface area contributed by atoms with Gasteiger partial charge < -0.3 is 39.1 Å². The van der Waals surface area contributed by atoms with Crippen LogP contribution in [0.4, 0.5) is 4.79 Å². The van der Waals surface area contributed by atoms with E-state index in [1.807, 2.05) is 67.6 Å². The Labute approximate surface area is 429 Å². The zero-order chi connectivity index (χ0) is 50.6.